The molecule has 22 heteroatoms. The number of nitrogens with zero attached hydrogens (tertiary/aromatic N) is 6. The molecule has 6 fully saturated rings. The van der Waals surface area contributed by atoms with Gasteiger partial charge in [-0.25, -0.2) is 8.42 Å². The highest BCUT2D eigenvalue weighted by atomic mass is 32.2. The number of carbonyl (C=O) groups is 4. The first-order valence-corrected chi connectivity index (χ1v) is 27.3. The molecule has 66 heavy (non-hydrogen) atoms. The molecule has 6 saturated heterocycles. The number of piperidine rings is 2. The Morgan fingerprint density at radius 3 is 1.82 bits per heavy atom. The summed E-state index contributed by atoms with van der Waals surface area (Å²) in [5, 5.41) is 2.97. The average Bonchev–Trinajstić information content (AvgIpc) is 4.06. The van der Waals surface area contributed by atoms with Crippen LogP contribution in [0.5, 0.6) is 0 Å². The van der Waals surface area contributed by atoms with E-state index in [-0.39, 0.29) is 59.2 Å². The summed E-state index contributed by atoms with van der Waals surface area (Å²) in [6.45, 7) is 8.68. The maximum Gasteiger partial charge on any atom is 0.286 e. The molecule has 19 nitrogen and oxygen atoms in total. The fourth-order valence-corrected chi connectivity index (χ4v) is 14.3. The van der Waals surface area contributed by atoms with E-state index in [4.69, 9.17) is 9.47 Å². The van der Waals surface area contributed by atoms with E-state index >= 15 is 0 Å². The third kappa shape index (κ3) is 7.01. The summed E-state index contributed by atoms with van der Waals surface area (Å²) in [7, 11) is -12.1. The van der Waals surface area contributed by atoms with E-state index in [2.05, 4.69) is 14.1 Å². The topological polar surface area (TPSA) is 239 Å². The Hall–Kier alpha value is -4.77. The lowest BCUT2D eigenvalue weighted by atomic mass is 9.72. The molecule has 0 aromatic heterocycles. The number of ether oxygens (including phenoxy) is 2. The van der Waals surface area contributed by atoms with Crippen LogP contribution >= 0.6 is 0 Å². The minimum Gasteiger partial charge on any atom is -0.372 e. The summed E-state index contributed by atoms with van der Waals surface area (Å²) in [5.74, 6) is -7.36. The SMILES string of the molecule is CC(C)CCN1C(=O)C(C2=NS(=O)(=O)c3cc(N4C(C5C(=O)C6C7CCC(O7)C6N(CCC(C)C)C5=O)=NS(=O)(=O)c5cc(N(C)S(C)(=O)=O)ccc54)ccc3N2)C(=O)C2C3CCC(O3)C21. The van der Waals surface area contributed by atoms with E-state index in [9.17, 15) is 44.4 Å². The van der Waals surface area contributed by atoms with Crippen molar-refractivity contribution in [3.63, 3.8) is 0 Å². The molecule has 354 valence electrons. The van der Waals surface area contributed by atoms with Crippen LogP contribution in [0, 0.1) is 35.5 Å². The van der Waals surface area contributed by atoms with Gasteiger partial charge in [-0.15, -0.1) is 8.80 Å². The molecule has 8 aliphatic heterocycles. The van der Waals surface area contributed by atoms with Gasteiger partial charge in [-0.2, -0.15) is 16.8 Å². The van der Waals surface area contributed by atoms with E-state index in [0.29, 0.717) is 45.1 Å². The van der Waals surface area contributed by atoms with Gasteiger partial charge in [0.15, 0.2) is 23.4 Å². The number of hydrogen-bond acceptors (Lipinski definition) is 14. The van der Waals surface area contributed by atoms with Crippen LogP contribution in [0.15, 0.2) is 55.0 Å². The van der Waals surface area contributed by atoms with Gasteiger partial charge in [0, 0.05) is 25.8 Å². The Morgan fingerprint density at radius 1 is 0.727 bits per heavy atom. The van der Waals surface area contributed by atoms with Crippen molar-refractivity contribution in [3.8, 4) is 0 Å². The van der Waals surface area contributed by atoms with Crippen LogP contribution < -0.4 is 14.5 Å². The molecule has 10 rings (SSSR count). The van der Waals surface area contributed by atoms with Crippen molar-refractivity contribution < 1.29 is 53.9 Å². The predicted octanol–water partition coefficient (Wildman–Crippen LogP) is 3.07. The van der Waals surface area contributed by atoms with Gasteiger partial charge in [0.25, 0.3) is 20.0 Å². The Kier molecular flexibility index (Phi) is 10.7. The smallest absolute Gasteiger partial charge is 0.286 e. The maximum absolute atomic E-state index is 14.9. The molecular weight excluding hydrogens is 915 g/mol. The molecule has 1 N–H and O–H groups in total. The number of benzene rings is 2. The zero-order valence-corrected chi connectivity index (χ0v) is 39.8. The summed E-state index contributed by atoms with van der Waals surface area (Å²) in [4.78, 5) is 62.0. The summed E-state index contributed by atoms with van der Waals surface area (Å²) < 4.78 is 104. The fourth-order valence-electron chi connectivity index (χ4n) is 11.4. The first-order chi connectivity index (χ1) is 31.1. The normalized spacial score (nSPS) is 32.6. The number of likely N-dealkylation sites (tertiary alicyclic amines) is 2. The van der Waals surface area contributed by atoms with Gasteiger partial charge in [-0.05, 0) is 86.8 Å². The van der Waals surface area contributed by atoms with Crippen molar-refractivity contribution in [3.05, 3.63) is 36.4 Å². The molecule has 8 aliphatic rings. The molecule has 8 heterocycles. The summed E-state index contributed by atoms with van der Waals surface area (Å²) in [6.07, 6.45) is 3.23. The van der Waals surface area contributed by atoms with Crippen LogP contribution in [-0.2, 0) is 58.7 Å². The lowest BCUT2D eigenvalue weighted by molar-refractivity contribution is -0.152. The first kappa shape index (κ1) is 45.0. The number of amidine groups is 2. The molecular formula is C44H53N7O12S3. The lowest BCUT2D eigenvalue weighted by Crippen LogP contribution is -2.64. The molecule has 0 radical (unpaired) electrons. The molecule has 2 aromatic carbocycles. The fraction of sp³-hybridized carbons (Fsp3) is 0.591. The molecule has 10 atom stereocenters. The number of rotatable bonds is 11. The van der Waals surface area contributed by atoms with E-state index in [1.165, 1.54) is 42.3 Å². The first-order valence-electron chi connectivity index (χ1n) is 22.6. The standard InChI is InChI=1S/C44H53N7O12S3/c1-21(2)15-17-49-37-29-13-11-27(62-29)33(37)39(52)35(43(49)54)41-45-25-9-7-24(20-31(25)65(58,59)46-41)51-26-10-8-23(48(5)64(6,56)57)19-32(26)66(60,61)47-42(51)36-40(53)34-28-12-14-30(63-28)38(34)50(44(36)55)18-16-22(3)4/h7-10,19-22,27-30,33-38H,11-18H2,1-6H3,(H,45,46). The number of fused-ring (bicyclic) bond motifs is 12. The summed E-state index contributed by atoms with van der Waals surface area (Å²) >= 11 is 0. The van der Waals surface area contributed by atoms with Gasteiger partial charge in [-0.3, -0.25) is 28.4 Å². The summed E-state index contributed by atoms with van der Waals surface area (Å²) in [5.41, 5.74) is -0.199. The number of sulfonamides is 3. The number of hydrogen-bond donors (Lipinski definition) is 1. The zero-order valence-electron chi connectivity index (χ0n) is 37.4. The highest BCUT2D eigenvalue weighted by Crippen LogP contribution is 2.50. The van der Waals surface area contributed by atoms with Crippen LogP contribution in [0.4, 0.5) is 22.7 Å². The second kappa shape index (κ2) is 15.6. The average molecular weight is 968 g/mol. The van der Waals surface area contributed by atoms with E-state index in [1.807, 2.05) is 27.7 Å². The molecule has 2 amide bonds. The van der Waals surface area contributed by atoms with Gasteiger partial charge >= 0.3 is 0 Å². The van der Waals surface area contributed by atoms with Gasteiger partial charge in [0.1, 0.15) is 21.5 Å². The second-order valence-electron chi connectivity index (χ2n) is 19.6. The van der Waals surface area contributed by atoms with Gasteiger partial charge in [0.05, 0.1) is 71.7 Å². The van der Waals surface area contributed by atoms with Crippen molar-refractivity contribution in [2.45, 2.75) is 113 Å². The van der Waals surface area contributed by atoms with Crippen molar-refractivity contribution in [2.24, 2.45) is 44.3 Å². The number of Topliss-reactive ketones (excluding diaryl/α,β-unsaturated/α-hetero) is 2. The molecule has 4 bridgehead atoms. The van der Waals surface area contributed by atoms with Crippen LogP contribution in [0.3, 0.4) is 0 Å². The molecule has 10 unspecified atom stereocenters. The van der Waals surface area contributed by atoms with E-state index in [1.54, 1.807) is 9.80 Å². The highest BCUT2D eigenvalue weighted by Gasteiger charge is 2.64. The predicted molar refractivity (Wildman–Crippen MR) is 241 cm³/mol. The quantitative estimate of drug-likeness (QED) is 0.319. The summed E-state index contributed by atoms with van der Waals surface area (Å²) in [6, 6.07) is 6.80. The number of ketones is 2. The van der Waals surface area contributed by atoms with Gasteiger partial charge in [0.2, 0.25) is 21.8 Å². The molecule has 0 spiro atoms. The van der Waals surface area contributed by atoms with Crippen molar-refractivity contribution in [1.29, 1.82) is 0 Å². The third-order valence-electron chi connectivity index (χ3n) is 14.7. The van der Waals surface area contributed by atoms with Gasteiger partial charge < -0.3 is 24.6 Å². The number of carbonyl (C=O) groups excluding carboxylic acids is 4. The van der Waals surface area contributed by atoms with Crippen LogP contribution in [0.1, 0.15) is 66.2 Å². The van der Waals surface area contributed by atoms with Crippen molar-refractivity contribution >= 4 is 87.9 Å². The second-order valence-corrected chi connectivity index (χ2v) is 24.8. The van der Waals surface area contributed by atoms with Crippen LogP contribution in [0.25, 0.3) is 0 Å². The Bertz CT molecular complexity index is 2890. The van der Waals surface area contributed by atoms with Crippen molar-refractivity contribution in [1.82, 2.24) is 9.80 Å². The lowest BCUT2D eigenvalue weighted by Gasteiger charge is -2.45. The maximum atomic E-state index is 14.9. The Labute approximate surface area is 384 Å². The molecule has 0 aliphatic carbocycles. The number of anilines is 4. The Morgan fingerprint density at radius 2 is 1.26 bits per heavy atom. The van der Waals surface area contributed by atoms with E-state index in [0.717, 1.165) is 16.6 Å². The largest absolute Gasteiger partial charge is 0.372 e. The molecule has 0 saturated carbocycles. The molecule has 2 aromatic rings. The number of nitrogens with one attached hydrogen (secondary N) is 1. The monoisotopic (exact) mass is 967 g/mol. The van der Waals surface area contributed by atoms with Crippen LogP contribution in [-0.4, -0.2) is 133 Å². The Balaban J connectivity index is 1.07. The van der Waals surface area contributed by atoms with Crippen LogP contribution in [0.2, 0.25) is 0 Å². The highest BCUT2D eigenvalue weighted by molar-refractivity contribution is 7.92. The minimum absolute atomic E-state index is 0.0236. The van der Waals surface area contributed by atoms with Crippen molar-refractivity contribution in [2.75, 3.05) is 40.9 Å². The van der Waals surface area contributed by atoms with Gasteiger partial charge in [-0.1, -0.05) is 27.7 Å². The third-order valence-corrected chi connectivity index (χ3v) is 18.5. The number of amides is 2. The van der Waals surface area contributed by atoms with E-state index < -0.39 is 117 Å². The minimum atomic E-state index is -4.76. The zero-order chi connectivity index (χ0) is 47.1.